The summed E-state index contributed by atoms with van der Waals surface area (Å²) >= 11 is 0. The maximum atomic E-state index is 13.4. The second-order valence-corrected chi connectivity index (χ2v) is 10.6. The highest BCUT2D eigenvalue weighted by atomic mass is 32.2. The van der Waals surface area contributed by atoms with Gasteiger partial charge in [-0.2, -0.15) is 13.2 Å². The van der Waals surface area contributed by atoms with E-state index < -0.39 is 44.8 Å². The highest BCUT2D eigenvalue weighted by Crippen LogP contribution is 2.38. The number of hydrogen-bond acceptors (Lipinski definition) is 7. The molecule has 38 heavy (non-hydrogen) atoms. The number of aromatic nitrogens is 3. The standard InChI is InChI=1S/C25H24F3N3O6S/c1-4-36-22-11-15(9-10-21(22)35-2)19(14-38(3,33)34)31-23-18(30-24(31)32)12-16(13-29-23)37-20-8-6-5-7-17(20)25(26,27)28/h5-13,19H,4,14H2,1-3H3,(H,30,32). The number of ether oxygens (including phenoxy) is 3. The number of nitrogens with one attached hydrogen (secondary N) is 1. The Morgan fingerprint density at radius 1 is 1.08 bits per heavy atom. The van der Waals surface area contributed by atoms with Crippen molar-refractivity contribution in [2.24, 2.45) is 0 Å². The molecule has 202 valence electrons. The number of para-hydroxylation sites is 1. The van der Waals surface area contributed by atoms with Crippen molar-refractivity contribution in [1.82, 2.24) is 14.5 Å². The summed E-state index contributed by atoms with van der Waals surface area (Å²) in [6, 6.07) is 9.84. The fraction of sp³-hybridized carbons (Fsp3) is 0.280. The number of benzene rings is 2. The molecule has 1 atom stereocenters. The molecule has 1 N–H and O–H groups in total. The highest BCUT2D eigenvalue weighted by Gasteiger charge is 2.34. The number of pyridine rings is 1. The van der Waals surface area contributed by atoms with Gasteiger partial charge in [0.2, 0.25) is 0 Å². The van der Waals surface area contributed by atoms with Crippen molar-refractivity contribution < 1.29 is 35.8 Å². The van der Waals surface area contributed by atoms with Crippen molar-refractivity contribution in [3.05, 3.63) is 76.3 Å². The smallest absolute Gasteiger partial charge is 0.419 e. The zero-order valence-electron chi connectivity index (χ0n) is 20.6. The van der Waals surface area contributed by atoms with Crippen LogP contribution in [0.3, 0.4) is 0 Å². The lowest BCUT2D eigenvalue weighted by atomic mass is 10.1. The Morgan fingerprint density at radius 2 is 1.82 bits per heavy atom. The van der Waals surface area contributed by atoms with Gasteiger partial charge in [0.25, 0.3) is 0 Å². The molecule has 0 bridgehead atoms. The van der Waals surface area contributed by atoms with Crippen LogP contribution in [-0.4, -0.2) is 48.7 Å². The summed E-state index contributed by atoms with van der Waals surface area (Å²) in [7, 11) is -2.13. The molecule has 0 aliphatic carbocycles. The van der Waals surface area contributed by atoms with E-state index in [0.717, 1.165) is 18.5 Å². The Labute approximate surface area is 215 Å². The minimum Gasteiger partial charge on any atom is -0.493 e. The van der Waals surface area contributed by atoms with E-state index in [0.29, 0.717) is 23.7 Å². The zero-order chi connectivity index (χ0) is 27.7. The third-order valence-corrected chi connectivity index (χ3v) is 6.52. The predicted molar refractivity (Wildman–Crippen MR) is 134 cm³/mol. The first-order chi connectivity index (χ1) is 17.9. The van der Waals surface area contributed by atoms with Gasteiger partial charge in [0.05, 0.1) is 42.8 Å². The molecule has 0 spiro atoms. The van der Waals surface area contributed by atoms with Crippen LogP contribution in [0, 0.1) is 0 Å². The number of nitrogens with zero attached hydrogens (tertiary/aromatic N) is 2. The number of halogens is 3. The Morgan fingerprint density at radius 3 is 2.47 bits per heavy atom. The lowest BCUT2D eigenvalue weighted by Crippen LogP contribution is -2.28. The number of H-pyrrole nitrogens is 1. The van der Waals surface area contributed by atoms with Gasteiger partial charge in [-0.1, -0.05) is 18.2 Å². The Balaban J connectivity index is 1.80. The van der Waals surface area contributed by atoms with Crippen LogP contribution in [0.15, 0.2) is 59.5 Å². The van der Waals surface area contributed by atoms with Crippen LogP contribution in [0.5, 0.6) is 23.0 Å². The van der Waals surface area contributed by atoms with Gasteiger partial charge in [0.1, 0.15) is 21.3 Å². The van der Waals surface area contributed by atoms with Gasteiger partial charge in [0.15, 0.2) is 17.1 Å². The molecular weight excluding hydrogens is 527 g/mol. The number of fused-ring (bicyclic) bond motifs is 1. The monoisotopic (exact) mass is 551 g/mol. The van der Waals surface area contributed by atoms with Crippen LogP contribution in [0.4, 0.5) is 13.2 Å². The third-order valence-electron chi connectivity index (χ3n) is 5.60. The van der Waals surface area contributed by atoms with E-state index in [1.807, 2.05) is 0 Å². The fourth-order valence-electron chi connectivity index (χ4n) is 4.03. The minimum atomic E-state index is -4.64. The molecule has 4 aromatic rings. The molecule has 0 radical (unpaired) electrons. The summed E-state index contributed by atoms with van der Waals surface area (Å²) in [6.45, 7) is 2.10. The van der Waals surface area contributed by atoms with E-state index >= 15 is 0 Å². The second kappa shape index (κ2) is 10.4. The van der Waals surface area contributed by atoms with Gasteiger partial charge in [-0.05, 0) is 36.8 Å². The van der Waals surface area contributed by atoms with E-state index in [9.17, 15) is 26.4 Å². The second-order valence-electron chi connectivity index (χ2n) is 8.39. The summed E-state index contributed by atoms with van der Waals surface area (Å²) < 4.78 is 82.3. The number of aromatic amines is 1. The van der Waals surface area contributed by atoms with Crippen LogP contribution in [0.25, 0.3) is 11.2 Å². The van der Waals surface area contributed by atoms with Gasteiger partial charge >= 0.3 is 11.9 Å². The van der Waals surface area contributed by atoms with Gasteiger partial charge < -0.3 is 19.2 Å². The average Bonchev–Trinajstić information content (AvgIpc) is 3.16. The molecule has 0 aliphatic heterocycles. The van der Waals surface area contributed by atoms with Crippen LogP contribution in [-0.2, 0) is 16.0 Å². The molecule has 0 amide bonds. The largest absolute Gasteiger partial charge is 0.493 e. The van der Waals surface area contributed by atoms with E-state index in [-0.39, 0.29) is 16.9 Å². The maximum absolute atomic E-state index is 13.4. The first-order valence-corrected chi connectivity index (χ1v) is 13.4. The summed E-state index contributed by atoms with van der Waals surface area (Å²) in [5.74, 6) is -0.119. The Hall–Kier alpha value is -4.00. The number of imidazole rings is 1. The van der Waals surface area contributed by atoms with Crippen molar-refractivity contribution in [2.45, 2.75) is 19.1 Å². The fourth-order valence-corrected chi connectivity index (χ4v) is 4.95. The number of hydrogen-bond donors (Lipinski definition) is 1. The van der Waals surface area contributed by atoms with Crippen LogP contribution >= 0.6 is 0 Å². The van der Waals surface area contributed by atoms with Gasteiger partial charge in [-0.15, -0.1) is 0 Å². The molecule has 1 unspecified atom stereocenters. The van der Waals surface area contributed by atoms with E-state index in [2.05, 4.69) is 9.97 Å². The van der Waals surface area contributed by atoms with E-state index in [1.165, 1.54) is 35.9 Å². The molecule has 2 aromatic carbocycles. The van der Waals surface area contributed by atoms with E-state index in [4.69, 9.17) is 14.2 Å². The first-order valence-electron chi connectivity index (χ1n) is 11.3. The summed E-state index contributed by atoms with van der Waals surface area (Å²) in [5.41, 5.74) is -0.946. The Kier molecular flexibility index (Phi) is 7.40. The summed E-state index contributed by atoms with van der Waals surface area (Å²) in [5, 5.41) is 0. The maximum Gasteiger partial charge on any atom is 0.419 e. The SMILES string of the molecule is CCOc1cc(C(CS(C)(=O)=O)n2c(=O)[nH]c3cc(Oc4ccccc4C(F)(F)F)cnc32)ccc1OC. The van der Waals surface area contributed by atoms with Gasteiger partial charge in [-0.25, -0.2) is 18.2 Å². The van der Waals surface area contributed by atoms with Crippen molar-refractivity contribution in [3.8, 4) is 23.0 Å². The number of alkyl halides is 3. The zero-order valence-corrected chi connectivity index (χ0v) is 21.4. The molecule has 0 fully saturated rings. The molecule has 0 saturated heterocycles. The number of rotatable bonds is 9. The molecule has 0 aliphatic rings. The topological polar surface area (TPSA) is 113 Å². The molecule has 0 saturated carbocycles. The van der Waals surface area contributed by atoms with Crippen molar-refractivity contribution in [3.63, 3.8) is 0 Å². The third kappa shape index (κ3) is 5.77. The Bertz CT molecular complexity index is 1630. The van der Waals surface area contributed by atoms with Crippen molar-refractivity contribution in [2.75, 3.05) is 25.7 Å². The average molecular weight is 552 g/mol. The lowest BCUT2D eigenvalue weighted by molar-refractivity contribution is -0.138. The van der Waals surface area contributed by atoms with E-state index in [1.54, 1.807) is 25.1 Å². The van der Waals surface area contributed by atoms with Crippen molar-refractivity contribution in [1.29, 1.82) is 0 Å². The number of methoxy groups -OCH3 is 1. The van der Waals surface area contributed by atoms with Crippen molar-refractivity contribution >= 4 is 21.0 Å². The normalized spacial score (nSPS) is 12.9. The molecule has 13 heteroatoms. The lowest BCUT2D eigenvalue weighted by Gasteiger charge is -2.20. The first kappa shape index (κ1) is 27.0. The molecule has 9 nitrogen and oxygen atoms in total. The summed E-state index contributed by atoms with van der Waals surface area (Å²) in [4.78, 5) is 19.9. The quantitative estimate of drug-likeness (QED) is 0.324. The minimum absolute atomic E-state index is 0.0506. The van der Waals surface area contributed by atoms with Crippen LogP contribution in [0.1, 0.15) is 24.1 Å². The summed E-state index contributed by atoms with van der Waals surface area (Å²) in [6.07, 6.45) is -2.43. The molecule has 2 heterocycles. The van der Waals surface area contributed by atoms with Crippen LogP contribution < -0.4 is 19.9 Å². The van der Waals surface area contributed by atoms with Gasteiger partial charge in [-0.3, -0.25) is 4.57 Å². The molecule has 4 rings (SSSR count). The molecular formula is C25H24F3N3O6S. The predicted octanol–water partition coefficient (Wildman–Crippen LogP) is 4.58. The van der Waals surface area contributed by atoms with Crippen LogP contribution in [0.2, 0.25) is 0 Å². The van der Waals surface area contributed by atoms with Gasteiger partial charge in [0, 0.05) is 12.3 Å². The highest BCUT2D eigenvalue weighted by molar-refractivity contribution is 7.90. The molecule has 2 aromatic heterocycles. The number of sulfone groups is 1.